The van der Waals surface area contributed by atoms with Crippen LogP contribution in [0.1, 0.15) is 25.1 Å². The Hall–Kier alpha value is -1.40. The molecule has 1 aliphatic heterocycles. The summed E-state index contributed by atoms with van der Waals surface area (Å²) in [6.45, 7) is 7.42. The van der Waals surface area contributed by atoms with Crippen LogP contribution >= 0.6 is 11.3 Å². The molecule has 0 spiro atoms. The zero-order chi connectivity index (χ0) is 16.8. The standard InChI is InChI=1S/C17H27N3O2S/c1-13(2)11-15(17(22)20-8-6-19(3)7-9-20)18-16(21)12-14-5-4-10-23-14/h4-5,10,13,15H,6-9,11-12H2,1-3H3,(H,18,21)/t15-/m0/s1. The zero-order valence-corrected chi connectivity index (χ0v) is 15.1. The molecule has 0 radical (unpaired) electrons. The summed E-state index contributed by atoms with van der Waals surface area (Å²) in [6.07, 6.45) is 1.03. The highest BCUT2D eigenvalue weighted by atomic mass is 32.1. The third-order valence-electron chi connectivity index (χ3n) is 4.07. The molecule has 2 amide bonds. The summed E-state index contributed by atoms with van der Waals surface area (Å²) in [4.78, 5) is 30.2. The van der Waals surface area contributed by atoms with Crippen LogP contribution in [0.3, 0.4) is 0 Å². The van der Waals surface area contributed by atoms with Crippen molar-refractivity contribution in [1.29, 1.82) is 0 Å². The topological polar surface area (TPSA) is 52.7 Å². The molecule has 1 fully saturated rings. The summed E-state index contributed by atoms with van der Waals surface area (Å²) in [5.74, 6) is 0.352. The van der Waals surface area contributed by atoms with Gasteiger partial charge in [0.05, 0.1) is 6.42 Å². The fourth-order valence-corrected chi connectivity index (χ4v) is 3.46. The summed E-state index contributed by atoms with van der Waals surface area (Å²) in [5, 5.41) is 4.92. The van der Waals surface area contributed by atoms with Crippen molar-refractivity contribution in [3.05, 3.63) is 22.4 Å². The van der Waals surface area contributed by atoms with E-state index in [1.165, 1.54) is 0 Å². The Labute approximate surface area is 142 Å². The molecule has 1 atom stereocenters. The highest BCUT2D eigenvalue weighted by molar-refractivity contribution is 7.10. The lowest BCUT2D eigenvalue weighted by atomic mass is 10.0. The van der Waals surface area contributed by atoms with E-state index < -0.39 is 6.04 Å². The van der Waals surface area contributed by atoms with Gasteiger partial charge in [-0.3, -0.25) is 9.59 Å². The van der Waals surface area contributed by atoms with Crippen LogP contribution in [0.25, 0.3) is 0 Å². The molecule has 0 aromatic carbocycles. The molecular formula is C17H27N3O2S. The molecule has 5 nitrogen and oxygen atoms in total. The van der Waals surface area contributed by atoms with Gasteiger partial charge in [0, 0.05) is 31.1 Å². The van der Waals surface area contributed by atoms with Crippen molar-refractivity contribution in [3.63, 3.8) is 0 Å². The summed E-state index contributed by atoms with van der Waals surface area (Å²) >= 11 is 1.57. The van der Waals surface area contributed by atoms with E-state index in [9.17, 15) is 9.59 Å². The molecule has 0 unspecified atom stereocenters. The zero-order valence-electron chi connectivity index (χ0n) is 14.2. The predicted octanol–water partition coefficient (Wildman–Crippen LogP) is 1.60. The second-order valence-electron chi connectivity index (χ2n) is 6.63. The van der Waals surface area contributed by atoms with E-state index in [0.717, 1.165) is 31.1 Å². The molecule has 23 heavy (non-hydrogen) atoms. The van der Waals surface area contributed by atoms with Gasteiger partial charge in [0.2, 0.25) is 11.8 Å². The average Bonchev–Trinajstić information content (AvgIpc) is 2.99. The molecule has 0 bridgehead atoms. The van der Waals surface area contributed by atoms with Gasteiger partial charge in [-0.25, -0.2) is 0 Å². The number of hydrogen-bond acceptors (Lipinski definition) is 4. The number of nitrogens with one attached hydrogen (secondary N) is 1. The molecule has 0 saturated carbocycles. The second-order valence-corrected chi connectivity index (χ2v) is 7.67. The summed E-state index contributed by atoms with van der Waals surface area (Å²) in [7, 11) is 2.07. The van der Waals surface area contributed by atoms with E-state index >= 15 is 0 Å². The summed E-state index contributed by atoms with van der Waals surface area (Å²) in [5.41, 5.74) is 0. The van der Waals surface area contributed by atoms with Crippen LogP contribution in [0, 0.1) is 5.92 Å². The summed E-state index contributed by atoms with van der Waals surface area (Å²) < 4.78 is 0. The Kier molecular flexibility index (Phi) is 6.59. The molecule has 128 valence electrons. The minimum atomic E-state index is -0.411. The monoisotopic (exact) mass is 337 g/mol. The van der Waals surface area contributed by atoms with Crippen LogP contribution in [0.2, 0.25) is 0 Å². The van der Waals surface area contributed by atoms with Crippen LogP contribution < -0.4 is 5.32 Å². The average molecular weight is 337 g/mol. The molecule has 0 aliphatic carbocycles. The number of carbonyl (C=O) groups excluding carboxylic acids is 2. The van der Waals surface area contributed by atoms with Crippen LogP contribution in [0.15, 0.2) is 17.5 Å². The maximum atomic E-state index is 12.8. The first-order valence-corrected chi connectivity index (χ1v) is 9.12. The van der Waals surface area contributed by atoms with Crippen LogP contribution in [0.4, 0.5) is 0 Å². The first-order chi connectivity index (χ1) is 11.0. The van der Waals surface area contributed by atoms with Crippen molar-refractivity contribution >= 4 is 23.2 Å². The van der Waals surface area contributed by atoms with Gasteiger partial charge >= 0.3 is 0 Å². The smallest absolute Gasteiger partial charge is 0.245 e. The predicted molar refractivity (Wildman–Crippen MR) is 93.5 cm³/mol. The van der Waals surface area contributed by atoms with Gasteiger partial charge in [-0.15, -0.1) is 11.3 Å². The van der Waals surface area contributed by atoms with E-state index in [-0.39, 0.29) is 11.8 Å². The lowest BCUT2D eigenvalue weighted by Crippen LogP contribution is -2.54. The van der Waals surface area contributed by atoms with E-state index in [1.807, 2.05) is 22.4 Å². The van der Waals surface area contributed by atoms with E-state index in [4.69, 9.17) is 0 Å². The van der Waals surface area contributed by atoms with Crippen molar-refractivity contribution < 1.29 is 9.59 Å². The summed E-state index contributed by atoms with van der Waals surface area (Å²) in [6, 6.07) is 3.48. The van der Waals surface area contributed by atoms with Crippen molar-refractivity contribution in [1.82, 2.24) is 15.1 Å². The second kappa shape index (κ2) is 8.45. The van der Waals surface area contributed by atoms with Crippen molar-refractivity contribution in [2.45, 2.75) is 32.7 Å². The van der Waals surface area contributed by atoms with Gasteiger partial charge in [-0.2, -0.15) is 0 Å². The minimum absolute atomic E-state index is 0.0614. The number of rotatable bonds is 6. The number of carbonyl (C=O) groups is 2. The Morgan fingerprint density at radius 2 is 1.96 bits per heavy atom. The van der Waals surface area contributed by atoms with Crippen LogP contribution in [-0.2, 0) is 16.0 Å². The molecule has 6 heteroatoms. The van der Waals surface area contributed by atoms with Gasteiger partial charge in [0.1, 0.15) is 6.04 Å². The number of amides is 2. The number of hydrogen-bond donors (Lipinski definition) is 1. The Morgan fingerprint density at radius 3 is 2.52 bits per heavy atom. The third-order valence-corrected chi connectivity index (χ3v) is 4.95. The minimum Gasteiger partial charge on any atom is -0.344 e. The van der Waals surface area contributed by atoms with Gasteiger partial charge in [-0.1, -0.05) is 19.9 Å². The Bertz CT molecular complexity index is 508. The Morgan fingerprint density at radius 1 is 1.26 bits per heavy atom. The lowest BCUT2D eigenvalue weighted by molar-refractivity contribution is -0.138. The number of piperazine rings is 1. The van der Waals surface area contributed by atoms with E-state index in [2.05, 4.69) is 31.1 Å². The maximum Gasteiger partial charge on any atom is 0.245 e. The Balaban J connectivity index is 1.95. The lowest BCUT2D eigenvalue weighted by Gasteiger charge is -2.35. The highest BCUT2D eigenvalue weighted by Gasteiger charge is 2.28. The van der Waals surface area contributed by atoms with Crippen LogP contribution in [0.5, 0.6) is 0 Å². The molecule has 2 heterocycles. The van der Waals surface area contributed by atoms with Gasteiger partial charge in [-0.05, 0) is 30.8 Å². The number of nitrogens with zero attached hydrogens (tertiary/aromatic N) is 2. The maximum absolute atomic E-state index is 12.8. The number of likely N-dealkylation sites (N-methyl/N-ethyl adjacent to an activating group) is 1. The highest BCUT2D eigenvalue weighted by Crippen LogP contribution is 2.12. The molecule has 1 aromatic heterocycles. The van der Waals surface area contributed by atoms with Crippen molar-refractivity contribution in [2.24, 2.45) is 5.92 Å². The van der Waals surface area contributed by atoms with Gasteiger partial charge in [0.25, 0.3) is 0 Å². The van der Waals surface area contributed by atoms with Crippen LogP contribution in [-0.4, -0.2) is 60.9 Å². The molecule has 1 aliphatic rings. The molecule has 1 aromatic rings. The SMILES string of the molecule is CC(C)C[C@H](NC(=O)Cc1cccs1)C(=O)N1CCN(C)CC1. The van der Waals surface area contributed by atoms with Crippen molar-refractivity contribution in [3.8, 4) is 0 Å². The molecule has 1 saturated heterocycles. The fourth-order valence-electron chi connectivity index (χ4n) is 2.76. The van der Waals surface area contributed by atoms with E-state index in [1.54, 1.807) is 11.3 Å². The first kappa shape index (κ1) is 17.9. The normalized spacial score (nSPS) is 17.3. The van der Waals surface area contributed by atoms with Gasteiger partial charge in [0.15, 0.2) is 0 Å². The largest absolute Gasteiger partial charge is 0.344 e. The number of thiophene rings is 1. The third kappa shape index (κ3) is 5.62. The molecule has 2 rings (SSSR count). The first-order valence-electron chi connectivity index (χ1n) is 8.24. The fraction of sp³-hybridized carbons (Fsp3) is 0.647. The molecule has 1 N–H and O–H groups in total. The van der Waals surface area contributed by atoms with Crippen molar-refractivity contribution in [2.75, 3.05) is 33.2 Å². The van der Waals surface area contributed by atoms with E-state index in [0.29, 0.717) is 18.8 Å². The quantitative estimate of drug-likeness (QED) is 0.858. The molecular weight excluding hydrogens is 310 g/mol. The van der Waals surface area contributed by atoms with Gasteiger partial charge < -0.3 is 15.1 Å².